The minimum atomic E-state index is -1.35. The van der Waals surface area contributed by atoms with Gasteiger partial charge in [-0.25, -0.2) is 0 Å². The average molecular weight is 551 g/mol. The van der Waals surface area contributed by atoms with Gasteiger partial charge in [0, 0.05) is 0 Å². The third kappa shape index (κ3) is 4.65. The van der Waals surface area contributed by atoms with Crippen molar-refractivity contribution in [1.82, 2.24) is 19.3 Å². The summed E-state index contributed by atoms with van der Waals surface area (Å²) in [5.41, 5.74) is -0.803. The van der Waals surface area contributed by atoms with Crippen LogP contribution in [0.5, 0.6) is 0 Å². The molecule has 0 radical (unpaired) electrons. The summed E-state index contributed by atoms with van der Waals surface area (Å²) in [7, 11) is 3.43. The Morgan fingerprint density at radius 2 is 1.96 bits per heavy atom. The molecular weight excluding hydrogens is 535 g/mol. The molecule has 3 aromatic rings. The second-order valence-corrected chi connectivity index (χ2v) is 15.4. The predicted molar refractivity (Wildman–Crippen MR) is 113 cm³/mol. The molecule has 26 heavy (non-hydrogen) atoms. The number of rotatable bonds is 6. The van der Waals surface area contributed by atoms with Crippen LogP contribution in [0.15, 0.2) is 55.1 Å². The molecule has 2 heterocycles. The van der Waals surface area contributed by atoms with Gasteiger partial charge in [0.15, 0.2) is 0 Å². The van der Waals surface area contributed by atoms with E-state index in [9.17, 15) is 9.59 Å². The summed E-state index contributed by atoms with van der Waals surface area (Å²) in [6.45, 7) is -0.0226. The van der Waals surface area contributed by atoms with Gasteiger partial charge in [-0.3, -0.25) is 0 Å². The maximum absolute atomic E-state index is 12.0. The van der Waals surface area contributed by atoms with Crippen molar-refractivity contribution in [3.05, 3.63) is 77.1 Å². The van der Waals surface area contributed by atoms with Gasteiger partial charge in [-0.2, -0.15) is 0 Å². The summed E-state index contributed by atoms with van der Waals surface area (Å²) < 4.78 is 10.0. The fourth-order valence-corrected chi connectivity index (χ4v) is 8.26. The molecular formula is C16H16BrIN4O3S. The molecule has 0 aliphatic heterocycles. The van der Waals surface area contributed by atoms with E-state index in [2.05, 4.69) is 55.3 Å². The Kier molecular flexibility index (Phi) is 6.35. The standard InChI is InChI=1S/C16H16BrIN4O3S/c1-18(12-5-3-11(17)4-6-12)26-10-13-19-14(25-20-13)9-22-15(23)7-8-21(2)16(22)24/h3-8H,9-10H2,1-2H3. The molecule has 0 saturated carbocycles. The first kappa shape index (κ1) is 19.4. The van der Waals surface area contributed by atoms with E-state index in [1.165, 1.54) is 20.4 Å². The Labute approximate surface area is 167 Å². The van der Waals surface area contributed by atoms with Gasteiger partial charge in [-0.15, -0.1) is 0 Å². The van der Waals surface area contributed by atoms with Gasteiger partial charge in [0.25, 0.3) is 0 Å². The van der Waals surface area contributed by atoms with Crippen LogP contribution >= 0.6 is 43.3 Å². The molecule has 3 rings (SSSR count). The molecule has 0 unspecified atom stereocenters. The van der Waals surface area contributed by atoms with Gasteiger partial charge in [0.1, 0.15) is 0 Å². The predicted octanol–water partition coefficient (Wildman–Crippen LogP) is 2.90. The number of alkyl halides is 1. The topological polar surface area (TPSA) is 82.9 Å². The number of aromatic nitrogens is 4. The molecule has 0 bridgehead atoms. The molecule has 0 aliphatic rings. The second-order valence-electron chi connectivity index (χ2n) is 5.35. The number of benzene rings is 1. The Morgan fingerprint density at radius 1 is 1.23 bits per heavy atom. The van der Waals surface area contributed by atoms with Gasteiger partial charge in [-0.05, 0) is 0 Å². The minimum absolute atomic E-state index is 0.0226. The Bertz CT molecular complexity index is 1020. The number of nitrogens with zero attached hydrogens (tertiary/aromatic N) is 4. The van der Waals surface area contributed by atoms with Crippen LogP contribution < -0.4 is 11.2 Å². The molecule has 0 saturated heterocycles. The van der Waals surface area contributed by atoms with Crippen molar-refractivity contribution in [3.63, 3.8) is 0 Å². The van der Waals surface area contributed by atoms with E-state index in [1.54, 1.807) is 7.05 Å². The molecule has 0 amide bonds. The Morgan fingerprint density at radius 3 is 2.69 bits per heavy atom. The molecule has 0 atom stereocenters. The van der Waals surface area contributed by atoms with Gasteiger partial charge in [0.05, 0.1) is 0 Å². The molecule has 1 aromatic carbocycles. The first-order chi connectivity index (χ1) is 12.4. The quantitative estimate of drug-likeness (QED) is 0.347. The normalized spacial score (nSPS) is 11.6. The molecule has 138 valence electrons. The number of hydrogen-bond donors (Lipinski definition) is 0. The summed E-state index contributed by atoms with van der Waals surface area (Å²) >= 11 is 2.09. The van der Waals surface area contributed by atoms with Crippen molar-refractivity contribution in [3.8, 4) is 0 Å². The van der Waals surface area contributed by atoms with Crippen LogP contribution in [-0.4, -0.2) is 24.2 Å². The van der Waals surface area contributed by atoms with Crippen molar-refractivity contribution in [1.29, 1.82) is 0 Å². The van der Waals surface area contributed by atoms with E-state index < -0.39 is 24.1 Å². The van der Waals surface area contributed by atoms with Crippen molar-refractivity contribution < 1.29 is 4.52 Å². The van der Waals surface area contributed by atoms with Crippen LogP contribution in [0, 0.1) is 3.57 Å². The number of aryl methyl sites for hydroxylation is 1. The van der Waals surface area contributed by atoms with E-state index in [0.29, 0.717) is 11.6 Å². The summed E-state index contributed by atoms with van der Waals surface area (Å²) in [6.07, 6.45) is 1.44. The zero-order valence-electron chi connectivity index (χ0n) is 14.1. The molecule has 0 N–H and O–H groups in total. The van der Waals surface area contributed by atoms with Crippen molar-refractivity contribution in [2.75, 3.05) is 4.93 Å². The van der Waals surface area contributed by atoms with E-state index >= 15 is 0 Å². The van der Waals surface area contributed by atoms with Crippen molar-refractivity contribution in [2.45, 2.75) is 12.3 Å². The molecule has 2 aromatic heterocycles. The van der Waals surface area contributed by atoms with Crippen molar-refractivity contribution in [2.24, 2.45) is 7.05 Å². The average Bonchev–Trinajstić information content (AvgIpc) is 3.08. The zero-order valence-corrected chi connectivity index (χ0v) is 18.6. The summed E-state index contributed by atoms with van der Waals surface area (Å²) in [4.78, 5) is 30.5. The molecule has 0 spiro atoms. The molecule has 10 heteroatoms. The Balaban J connectivity index is 1.65. The van der Waals surface area contributed by atoms with Gasteiger partial charge in [0.2, 0.25) is 0 Å². The van der Waals surface area contributed by atoms with E-state index in [0.717, 1.165) is 9.04 Å². The maximum atomic E-state index is 12.0. The van der Waals surface area contributed by atoms with Crippen LogP contribution in [0.25, 0.3) is 0 Å². The third-order valence-corrected chi connectivity index (χ3v) is 12.1. The fourth-order valence-electron chi connectivity index (χ4n) is 2.11. The van der Waals surface area contributed by atoms with Crippen LogP contribution in [0.1, 0.15) is 11.7 Å². The summed E-state index contributed by atoms with van der Waals surface area (Å²) in [5.74, 6) is 1.47. The van der Waals surface area contributed by atoms with Crippen LogP contribution in [0.4, 0.5) is 0 Å². The Hall–Kier alpha value is -1.40. The monoisotopic (exact) mass is 550 g/mol. The number of halogens is 2. The molecule has 0 aliphatic carbocycles. The number of hydrogen-bond acceptors (Lipinski definition) is 6. The van der Waals surface area contributed by atoms with Gasteiger partial charge < -0.3 is 0 Å². The van der Waals surface area contributed by atoms with Gasteiger partial charge >= 0.3 is 168 Å². The fraction of sp³-hybridized carbons (Fsp3) is 0.250. The van der Waals surface area contributed by atoms with Crippen LogP contribution in [0.2, 0.25) is 0 Å². The molecule has 7 nitrogen and oxygen atoms in total. The summed E-state index contributed by atoms with van der Waals surface area (Å²) in [5, 5.41) is 3.96. The summed E-state index contributed by atoms with van der Waals surface area (Å²) in [6, 6.07) is 9.71. The molecule has 0 fully saturated rings. The SMILES string of the molecule is Cn1ccc(=O)n(Cc2nc(CSI(C)c3ccc(Br)cc3)no2)c1=O. The second kappa shape index (κ2) is 8.53. The van der Waals surface area contributed by atoms with E-state index in [-0.39, 0.29) is 18.0 Å². The van der Waals surface area contributed by atoms with Crippen molar-refractivity contribution >= 4 is 43.3 Å². The first-order valence-corrected chi connectivity index (χ1v) is 15.1. The van der Waals surface area contributed by atoms with Crippen LogP contribution in [-0.2, 0) is 19.3 Å². The van der Waals surface area contributed by atoms with Gasteiger partial charge in [-0.1, -0.05) is 0 Å². The van der Waals surface area contributed by atoms with Crippen LogP contribution in [0.3, 0.4) is 0 Å². The third-order valence-electron chi connectivity index (χ3n) is 3.50. The van der Waals surface area contributed by atoms with E-state index in [1.807, 2.05) is 8.93 Å². The zero-order chi connectivity index (χ0) is 18.7. The van der Waals surface area contributed by atoms with E-state index in [4.69, 9.17) is 4.52 Å². The first-order valence-electron chi connectivity index (χ1n) is 7.51.